The van der Waals surface area contributed by atoms with E-state index in [1.165, 1.54) is 24.3 Å². The van der Waals surface area contributed by atoms with Crippen LogP contribution in [0.4, 0.5) is 13.2 Å². The molecule has 0 bridgehead atoms. The Morgan fingerprint density at radius 2 is 1.95 bits per heavy atom. The molecule has 0 heterocycles. The van der Waals surface area contributed by atoms with Crippen LogP contribution in [0.2, 0.25) is 0 Å². The smallest absolute Gasteiger partial charge is 0.458 e. The Kier molecular flexibility index (Phi) is 5.11. The normalized spacial score (nSPS) is 12.1. The zero-order valence-electron chi connectivity index (χ0n) is 9.58. The average molecular weight is 292 g/mol. The molecule has 1 rings (SSSR count). The van der Waals surface area contributed by atoms with Gasteiger partial charge in [-0.25, -0.2) is 4.99 Å². The Hall–Kier alpha value is -1.82. The topological polar surface area (TPSA) is 38.7 Å². The molecule has 7 heteroatoms. The second-order valence-corrected chi connectivity index (χ2v) is 3.57. The zero-order valence-corrected chi connectivity index (χ0v) is 10.3. The Morgan fingerprint density at radius 1 is 1.37 bits per heavy atom. The lowest BCUT2D eigenvalue weighted by Gasteiger charge is -2.10. The van der Waals surface area contributed by atoms with Crippen LogP contribution in [0.1, 0.15) is 15.9 Å². The number of benzene rings is 1. The molecule has 0 saturated heterocycles. The SMILES string of the molecule is C=C(/N=C(\OCCl)C(F)(F)F)c1ccc(C=O)cc1. The molecule has 0 spiro atoms. The number of alkyl halides is 4. The highest BCUT2D eigenvalue weighted by atomic mass is 35.5. The number of aliphatic imine (C=N–C) groups is 1. The van der Waals surface area contributed by atoms with Crippen LogP contribution in [-0.4, -0.2) is 24.4 Å². The molecular weight excluding hydrogens is 283 g/mol. The summed E-state index contributed by atoms with van der Waals surface area (Å²) in [5.41, 5.74) is 0.592. The molecule has 102 valence electrons. The largest absolute Gasteiger partial charge is 0.468 e. The van der Waals surface area contributed by atoms with Crippen LogP contribution in [0.3, 0.4) is 0 Å². The summed E-state index contributed by atoms with van der Waals surface area (Å²) in [6, 6.07) is 5.08. The lowest BCUT2D eigenvalue weighted by Crippen LogP contribution is -2.25. The predicted molar refractivity (Wildman–Crippen MR) is 66.2 cm³/mol. The third-order valence-corrected chi connectivity index (χ3v) is 2.16. The molecule has 0 unspecified atom stereocenters. The van der Waals surface area contributed by atoms with E-state index in [0.717, 1.165) is 0 Å². The molecule has 0 aromatic heterocycles. The predicted octanol–water partition coefficient (Wildman–Crippen LogP) is 3.64. The van der Waals surface area contributed by atoms with Gasteiger partial charge in [-0.3, -0.25) is 4.79 Å². The van der Waals surface area contributed by atoms with Crippen LogP contribution in [0.5, 0.6) is 0 Å². The van der Waals surface area contributed by atoms with Crippen LogP contribution in [0.25, 0.3) is 5.70 Å². The molecule has 1 aromatic carbocycles. The third-order valence-electron chi connectivity index (χ3n) is 2.05. The van der Waals surface area contributed by atoms with Crippen molar-refractivity contribution < 1.29 is 22.7 Å². The van der Waals surface area contributed by atoms with Crippen molar-refractivity contribution >= 4 is 29.5 Å². The second-order valence-electron chi connectivity index (χ2n) is 3.35. The summed E-state index contributed by atoms with van der Waals surface area (Å²) in [6.45, 7) is 3.42. The van der Waals surface area contributed by atoms with E-state index in [9.17, 15) is 18.0 Å². The highest BCUT2D eigenvalue weighted by molar-refractivity contribution is 6.17. The van der Waals surface area contributed by atoms with E-state index in [1.54, 1.807) is 0 Å². The minimum atomic E-state index is -4.75. The first-order valence-electron chi connectivity index (χ1n) is 4.97. The molecule has 0 atom stereocenters. The average Bonchev–Trinajstić information content (AvgIpc) is 2.37. The van der Waals surface area contributed by atoms with Gasteiger partial charge in [-0.05, 0) is 5.56 Å². The summed E-state index contributed by atoms with van der Waals surface area (Å²) in [5, 5.41) is 0. The van der Waals surface area contributed by atoms with Gasteiger partial charge in [0.25, 0.3) is 5.90 Å². The number of aldehydes is 1. The van der Waals surface area contributed by atoms with E-state index in [0.29, 0.717) is 17.4 Å². The maximum Gasteiger partial charge on any atom is 0.468 e. The van der Waals surface area contributed by atoms with Crippen molar-refractivity contribution in [3.63, 3.8) is 0 Å². The Bertz CT molecular complexity index is 495. The van der Waals surface area contributed by atoms with E-state index in [4.69, 9.17) is 11.6 Å². The van der Waals surface area contributed by atoms with E-state index < -0.39 is 18.1 Å². The van der Waals surface area contributed by atoms with Crippen molar-refractivity contribution in [3.05, 3.63) is 42.0 Å². The first-order chi connectivity index (χ1) is 8.88. The minimum Gasteiger partial charge on any atom is -0.458 e. The summed E-state index contributed by atoms with van der Waals surface area (Å²) in [7, 11) is 0. The fraction of sp³-hybridized carbons (Fsp3) is 0.167. The van der Waals surface area contributed by atoms with Gasteiger partial charge in [-0.15, -0.1) is 0 Å². The maximum absolute atomic E-state index is 12.5. The van der Waals surface area contributed by atoms with Crippen LogP contribution in [0.15, 0.2) is 35.8 Å². The van der Waals surface area contributed by atoms with Gasteiger partial charge in [0.1, 0.15) is 6.29 Å². The lowest BCUT2D eigenvalue weighted by molar-refractivity contribution is -0.0762. The molecule has 1 aromatic rings. The number of halogens is 4. The molecule has 0 amide bonds. The maximum atomic E-state index is 12.5. The van der Waals surface area contributed by atoms with E-state index >= 15 is 0 Å². The Labute approximate surface area is 112 Å². The fourth-order valence-electron chi connectivity index (χ4n) is 1.17. The Morgan fingerprint density at radius 3 is 2.37 bits per heavy atom. The van der Waals surface area contributed by atoms with Crippen LogP contribution in [0, 0.1) is 0 Å². The summed E-state index contributed by atoms with van der Waals surface area (Å²) >= 11 is 5.10. The lowest BCUT2D eigenvalue weighted by atomic mass is 10.1. The van der Waals surface area contributed by atoms with Gasteiger partial charge in [0.05, 0.1) is 5.70 Å². The molecule has 0 aliphatic heterocycles. The van der Waals surface area contributed by atoms with E-state index in [2.05, 4.69) is 16.3 Å². The number of rotatable bonds is 4. The van der Waals surface area contributed by atoms with Crippen LogP contribution in [-0.2, 0) is 4.74 Å². The number of hydrogen-bond acceptors (Lipinski definition) is 3. The van der Waals surface area contributed by atoms with Crippen molar-refractivity contribution in [2.75, 3.05) is 6.07 Å². The number of carbonyl (C=O) groups is 1. The van der Waals surface area contributed by atoms with Crippen LogP contribution < -0.4 is 0 Å². The molecule has 3 nitrogen and oxygen atoms in total. The number of nitrogens with zero attached hydrogens (tertiary/aromatic N) is 1. The van der Waals surface area contributed by atoms with E-state index in [1.807, 2.05) is 0 Å². The number of hydrogen-bond donors (Lipinski definition) is 0. The van der Waals surface area contributed by atoms with Gasteiger partial charge >= 0.3 is 6.18 Å². The van der Waals surface area contributed by atoms with Gasteiger partial charge in [-0.1, -0.05) is 42.4 Å². The molecule has 19 heavy (non-hydrogen) atoms. The molecule has 0 aliphatic rings. The summed E-state index contributed by atoms with van der Waals surface area (Å²) in [6.07, 6.45) is -4.13. The highest BCUT2D eigenvalue weighted by Gasteiger charge is 2.38. The Balaban J connectivity index is 2.99. The van der Waals surface area contributed by atoms with Crippen molar-refractivity contribution in [3.8, 4) is 0 Å². The molecule has 0 saturated carbocycles. The molecule has 0 aliphatic carbocycles. The number of carbonyl (C=O) groups excluding carboxylic acids is 1. The third kappa shape index (κ3) is 4.40. The van der Waals surface area contributed by atoms with E-state index in [-0.39, 0.29) is 5.70 Å². The summed E-state index contributed by atoms with van der Waals surface area (Å²) in [4.78, 5) is 13.7. The highest BCUT2D eigenvalue weighted by Crippen LogP contribution is 2.22. The van der Waals surface area contributed by atoms with Crippen LogP contribution >= 0.6 is 11.6 Å². The van der Waals surface area contributed by atoms with Crippen molar-refractivity contribution in [1.82, 2.24) is 0 Å². The minimum absolute atomic E-state index is 0.144. The molecule has 0 fully saturated rings. The van der Waals surface area contributed by atoms with Gasteiger partial charge in [0, 0.05) is 5.56 Å². The summed E-state index contributed by atoms with van der Waals surface area (Å²) < 4.78 is 41.7. The molecule has 0 radical (unpaired) electrons. The van der Waals surface area contributed by atoms with Gasteiger partial charge < -0.3 is 4.74 Å². The first kappa shape index (κ1) is 15.2. The molecular formula is C12H9ClF3NO2. The van der Waals surface area contributed by atoms with Gasteiger partial charge in [0.2, 0.25) is 0 Å². The summed E-state index contributed by atoms with van der Waals surface area (Å²) in [5.74, 6) is -1.47. The monoisotopic (exact) mass is 291 g/mol. The van der Waals surface area contributed by atoms with Crippen molar-refractivity contribution in [2.24, 2.45) is 4.99 Å². The fourth-order valence-corrected chi connectivity index (χ4v) is 1.27. The first-order valence-corrected chi connectivity index (χ1v) is 5.51. The van der Waals surface area contributed by atoms with Crippen molar-refractivity contribution in [1.29, 1.82) is 0 Å². The van der Waals surface area contributed by atoms with Gasteiger partial charge in [0.15, 0.2) is 6.07 Å². The van der Waals surface area contributed by atoms with Gasteiger partial charge in [-0.2, -0.15) is 13.2 Å². The quantitative estimate of drug-likeness (QED) is 0.368. The molecule has 0 N–H and O–H groups in total. The second kappa shape index (κ2) is 6.38. The standard InChI is InChI=1S/C12H9ClF3NO2/c1-8(10-4-2-9(6-18)3-5-10)17-11(19-7-13)12(14,15)16/h2-6H,1,7H2/b17-11-. The zero-order chi connectivity index (χ0) is 14.5. The van der Waals surface area contributed by atoms with Crippen molar-refractivity contribution in [2.45, 2.75) is 6.18 Å². The number of ether oxygens (including phenoxy) is 1.